The standard InChI is InChI=1S/C16H16O6S/c1-11-2-4-12(5-3-11)10-22-14-8-6-13(7-9-14)15(17)16(18)23(19,20)21/h2-9,16,18H,10H2,1H3,(H,19,20,21). The number of aliphatic hydroxyl groups excluding tert-OH is 1. The molecule has 6 nitrogen and oxygen atoms in total. The molecule has 2 aromatic rings. The minimum atomic E-state index is -4.84. The maximum Gasteiger partial charge on any atom is 0.299 e. The molecule has 2 aromatic carbocycles. The highest BCUT2D eigenvalue weighted by molar-refractivity contribution is 7.87. The van der Waals surface area contributed by atoms with E-state index in [-0.39, 0.29) is 5.56 Å². The number of hydrogen-bond donors (Lipinski definition) is 2. The third kappa shape index (κ3) is 4.62. The highest BCUT2D eigenvalue weighted by Gasteiger charge is 2.29. The molecule has 0 aliphatic heterocycles. The van der Waals surface area contributed by atoms with Gasteiger partial charge in [-0.3, -0.25) is 9.35 Å². The first-order chi connectivity index (χ1) is 10.8. The van der Waals surface area contributed by atoms with E-state index in [0.29, 0.717) is 12.4 Å². The van der Waals surface area contributed by atoms with Crippen LogP contribution in [0.1, 0.15) is 21.5 Å². The van der Waals surface area contributed by atoms with Crippen molar-refractivity contribution in [3.63, 3.8) is 0 Å². The maximum absolute atomic E-state index is 11.7. The molecule has 0 saturated heterocycles. The Bertz CT molecular complexity index is 778. The van der Waals surface area contributed by atoms with Gasteiger partial charge < -0.3 is 9.84 Å². The third-order valence-electron chi connectivity index (χ3n) is 3.17. The van der Waals surface area contributed by atoms with E-state index >= 15 is 0 Å². The molecule has 1 unspecified atom stereocenters. The second kappa shape index (κ2) is 6.91. The van der Waals surface area contributed by atoms with Crippen LogP contribution in [0.2, 0.25) is 0 Å². The number of carbonyl (C=O) groups is 1. The molecule has 0 radical (unpaired) electrons. The van der Waals surface area contributed by atoms with E-state index in [2.05, 4.69) is 0 Å². The van der Waals surface area contributed by atoms with Crippen LogP contribution in [0, 0.1) is 6.92 Å². The molecular formula is C16H16O6S. The Hall–Kier alpha value is -2.22. The minimum Gasteiger partial charge on any atom is -0.489 e. The van der Waals surface area contributed by atoms with Crippen LogP contribution < -0.4 is 4.74 Å². The predicted octanol–water partition coefficient (Wildman–Crippen LogP) is 1.96. The van der Waals surface area contributed by atoms with Gasteiger partial charge in [-0.15, -0.1) is 0 Å². The summed E-state index contributed by atoms with van der Waals surface area (Å²) in [7, 11) is -4.84. The first-order valence-electron chi connectivity index (χ1n) is 6.74. The first-order valence-corrected chi connectivity index (χ1v) is 8.24. The van der Waals surface area contributed by atoms with Gasteiger partial charge in [0.15, 0.2) is 0 Å². The molecule has 1 atom stereocenters. The minimum absolute atomic E-state index is 0.0437. The van der Waals surface area contributed by atoms with Crippen LogP contribution in [0.4, 0.5) is 0 Å². The zero-order valence-corrected chi connectivity index (χ0v) is 13.2. The van der Waals surface area contributed by atoms with E-state index in [9.17, 15) is 18.3 Å². The predicted molar refractivity (Wildman–Crippen MR) is 83.8 cm³/mol. The monoisotopic (exact) mass is 336 g/mol. The van der Waals surface area contributed by atoms with Gasteiger partial charge in [0.1, 0.15) is 12.4 Å². The quantitative estimate of drug-likeness (QED) is 0.618. The molecule has 0 aromatic heterocycles. The zero-order valence-electron chi connectivity index (χ0n) is 12.3. The zero-order chi connectivity index (χ0) is 17.0. The van der Waals surface area contributed by atoms with Crippen LogP contribution >= 0.6 is 0 Å². The molecular weight excluding hydrogens is 320 g/mol. The molecule has 0 saturated carbocycles. The van der Waals surface area contributed by atoms with Crippen LogP contribution in [0.25, 0.3) is 0 Å². The van der Waals surface area contributed by atoms with Gasteiger partial charge in [-0.1, -0.05) is 29.8 Å². The number of aliphatic hydroxyl groups is 1. The Balaban J connectivity index is 2.02. The summed E-state index contributed by atoms with van der Waals surface area (Å²) in [5.74, 6) is -0.610. The molecule has 0 amide bonds. The van der Waals surface area contributed by atoms with Gasteiger partial charge in [0.25, 0.3) is 10.1 Å². The van der Waals surface area contributed by atoms with E-state index in [1.165, 1.54) is 24.3 Å². The molecule has 7 heteroatoms. The fraction of sp³-hybridized carbons (Fsp3) is 0.188. The van der Waals surface area contributed by atoms with Crippen molar-refractivity contribution in [1.82, 2.24) is 0 Å². The first kappa shape index (κ1) is 17.1. The van der Waals surface area contributed by atoms with E-state index in [0.717, 1.165) is 11.1 Å². The summed E-state index contributed by atoms with van der Waals surface area (Å²) in [5, 5.41) is 9.23. The van der Waals surface area contributed by atoms with Gasteiger partial charge >= 0.3 is 0 Å². The van der Waals surface area contributed by atoms with Crippen molar-refractivity contribution in [1.29, 1.82) is 0 Å². The van der Waals surface area contributed by atoms with Crippen molar-refractivity contribution >= 4 is 15.9 Å². The van der Waals surface area contributed by atoms with E-state index < -0.39 is 21.3 Å². The SMILES string of the molecule is Cc1ccc(COc2ccc(C(=O)C(O)S(=O)(=O)O)cc2)cc1. The molecule has 122 valence electrons. The highest BCUT2D eigenvalue weighted by Crippen LogP contribution is 2.16. The summed E-state index contributed by atoms with van der Waals surface area (Å²) in [5.41, 5.74) is -0.397. The largest absolute Gasteiger partial charge is 0.489 e. The molecule has 0 aliphatic rings. The Morgan fingerprint density at radius 2 is 1.65 bits per heavy atom. The molecule has 0 heterocycles. The summed E-state index contributed by atoms with van der Waals surface area (Å²) in [6, 6.07) is 13.4. The average molecular weight is 336 g/mol. The van der Waals surface area contributed by atoms with E-state index in [1.807, 2.05) is 31.2 Å². The topological polar surface area (TPSA) is 101 Å². The number of Topliss-reactive ketones (excluding diaryl/α,β-unsaturated/α-hetero) is 1. The van der Waals surface area contributed by atoms with Crippen LogP contribution in [-0.4, -0.2) is 29.3 Å². The van der Waals surface area contributed by atoms with E-state index in [4.69, 9.17) is 9.29 Å². The lowest BCUT2D eigenvalue weighted by Gasteiger charge is -2.09. The number of ether oxygens (including phenoxy) is 1. The molecule has 0 bridgehead atoms. The van der Waals surface area contributed by atoms with Crippen LogP contribution in [0.3, 0.4) is 0 Å². The fourth-order valence-electron chi connectivity index (χ4n) is 1.84. The lowest BCUT2D eigenvalue weighted by molar-refractivity contribution is 0.0848. The Labute approximate surface area is 134 Å². The Kier molecular flexibility index (Phi) is 5.15. The Morgan fingerprint density at radius 3 is 2.17 bits per heavy atom. The number of carbonyl (C=O) groups excluding carboxylic acids is 1. The molecule has 23 heavy (non-hydrogen) atoms. The van der Waals surface area contributed by atoms with Crippen molar-refractivity contribution in [3.05, 3.63) is 65.2 Å². The van der Waals surface area contributed by atoms with Crippen molar-refractivity contribution in [2.75, 3.05) is 0 Å². The van der Waals surface area contributed by atoms with Gasteiger partial charge in [0, 0.05) is 5.56 Å². The second-order valence-corrected chi connectivity index (χ2v) is 6.51. The van der Waals surface area contributed by atoms with Gasteiger partial charge in [0.05, 0.1) is 0 Å². The summed E-state index contributed by atoms with van der Waals surface area (Å²) >= 11 is 0. The summed E-state index contributed by atoms with van der Waals surface area (Å²) in [4.78, 5) is 11.7. The van der Waals surface area contributed by atoms with Crippen molar-refractivity contribution in [3.8, 4) is 5.75 Å². The van der Waals surface area contributed by atoms with Crippen molar-refractivity contribution in [2.45, 2.75) is 19.0 Å². The van der Waals surface area contributed by atoms with Gasteiger partial charge in [0.2, 0.25) is 11.2 Å². The molecule has 0 spiro atoms. The molecule has 0 fully saturated rings. The maximum atomic E-state index is 11.7. The fourth-order valence-corrected chi connectivity index (χ4v) is 2.25. The number of benzene rings is 2. The van der Waals surface area contributed by atoms with Gasteiger partial charge in [-0.2, -0.15) is 8.42 Å². The average Bonchev–Trinajstić information content (AvgIpc) is 2.52. The number of aryl methyl sites for hydroxylation is 1. The number of rotatable bonds is 6. The van der Waals surface area contributed by atoms with Crippen LogP contribution in [0.15, 0.2) is 48.5 Å². The highest BCUT2D eigenvalue weighted by atomic mass is 32.2. The van der Waals surface area contributed by atoms with Crippen molar-refractivity contribution < 1.29 is 27.6 Å². The lowest BCUT2D eigenvalue weighted by atomic mass is 10.1. The lowest BCUT2D eigenvalue weighted by Crippen LogP contribution is -2.29. The van der Waals surface area contributed by atoms with Gasteiger partial charge in [-0.05, 0) is 36.8 Å². The summed E-state index contributed by atoms with van der Waals surface area (Å²) < 4.78 is 35.7. The van der Waals surface area contributed by atoms with Crippen molar-refractivity contribution in [2.24, 2.45) is 0 Å². The number of hydrogen-bond acceptors (Lipinski definition) is 5. The summed E-state index contributed by atoms with van der Waals surface area (Å²) in [6.07, 6.45) is 0. The molecule has 2 rings (SSSR count). The van der Waals surface area contributed by atoms with Crippen LogP contribution in [0.5, 0.6) is 5.75 Å². The normalized spacial score (nSPS) is 12.7. The smallest absolute Gasteiger partial charge is 0.299 e. The summed E-state index contributed by atoms with van der Waals surface area (Å²) in [6.45, 7) is 2.34. The van der Waals surface area contributed by atoms with Gasteiger partial charge in [-0.25, -0.2) is 0 Å². The molecule has 0 aliphatic carbocycles. The molecule has 2 N–H and O–H groups in total. The van der Waals surface area contributed by atoms with E-state index in [1.54, 1.807) is 0 Å². The van der Waals surface area contributed by atoms with Crippen LogP contribution in [-0.2, 0) is 16.7 Å². The Morgan fingerprint density at radius 1 is 1.09 bits per heavy atom. The second-order valence-electron chi connectivity index (χ2n) is 5.03. The third-order valence-corrected chi connectivity index (χ3v) is 3.95. The number of ketones is 1.